The van der Waals surface area contributed by atoms with Crippen molar-refractivity contribution in [2.45, 2.75) is 0 Å². The summed E-state index contributed by atoms with van der Waals surface area (Å²) in [5.74, 6) is -0.945. The van der Waals surface area contributed by atoms with Gasteiger partial charge in [-0.25, -0.2) is 9.78 Å². The van der Waals surface area contributed by atoms with Gasteiger partial charge in [0.15, 0.2) is 11.7 Å². The number of ether oxygens (including phenoxy) is 1. The zero-order chi connectivity index (χ0) is 17.9. The minimum Gasteiger partial charge on any atom is -0.452 e. The molecule has 0 aliphatic carbocycles. The first kappa shape index (κ1) is 16.2. The molecule has 1 heterocycles. The Morgan fingerprint density at radius 2 is 1.73 bits per heavy atom. The molecule has 0 atom stereocenters. The van der Waals surface area contributed by atoms with Crippen molar-refractivity contribution in [2.75, 3.05) is 11.9 Å². The summed E-state index contributed by atoms with van der Waals surface area (Å²) in [4.78, 5) is 28.7. The number of hydrogen-bond donors (Lipinski definition) is 1. The van der Waals surface area contributed by atoms with Gasteiger partial charge in [0.25, 0.3) is 5.91 Å². The first-order chi connectivity index (χ1) is 12.7. The van der Waals surface area contributed by atoms with Crippen LogP contribution >= 0.6 is 11.3 Å². The minimum atomic E-state index is -0.527. The zero-order valence-corrected chi connectivity index (χ0v) is 14.5. The van der Waals surface area contributed by atoms with E-state index in [1.54, 1.807) is 12.1 Å². The second kappa shape index (κ2) is 6.93. The van der Waals surface area contributed by atoms with Crippen LogP contribution in [0, 0.1) is 0 Å². The third kappa shape index (κ3) is 3.27. The van der Waals surface area contributed by atoms with E-state index in [2.05, 4.69) is 10.3 Å². The lowest BCUT2D eigenvalue weighted by atomic mass is 10.1. The van der Waals surface area contributed by atoms with Crippen LogP contribution in [0.2, 0.25) is 0 Å². The molecule has 1 N–H and O–H groups in total. The molecular weight excluding hydrogens is 348 g/mol. The van der Waals surface area contributed by atoms with Crippen LogP contribution in [-0.4, -0.2) is 23.5 Å². The maximum atomic E-state index is 12.3. The fraction of sp³-hybridized carbons (Fsp3) is 0.0500. The first-order valence-corrected chi connectivity index (χ1v) is 8.83. The molecule has 1 aromatic heterocycles. The molecule has 6 heteroatoms. The van der Waals surface area contributed by atoms with Gasteiger partial charge in [0, 0.05) is 0 Å². The summed E-state index contributed by atoms with van der Waals surface area (Å²) in [6.45, 7) is -0.363. The number of thiazole rings is 1. The van der Waals surface area contributed by atoms with Crippen molar-refractivity contribution < 1.29 is 14.3 Å². The highest BCUT2D eigenvalue weighted by Crippen LogP contribution is 2.25. The van der Waals surface area contributed by atoms with E-state index in [4.69, 9.17) is 4.74 Å². The van der Waals surface area contributed by atoms with Gasteiger partial charge < -0.3 is 4.74 Å². The number of carbonyl (C=O) groups is 2. The fourth-order valence-corrected chi connectivity index (χ4v) is 3.58. The molecule has 0 saturated heterocycles. The van der Waals surface area contributed by atoms with Crippen molar-refractivity contribution in [3.05, 3.63) is 72.3 Å². The molecule has 3 aromatic carbocycles. The highest BCUT2D eigenvalue weighted by atomic mass is 32.1. The Bertz CT molecular complexity index is 1080. The molecule has 0 aliphatic heterocycles. The molecule has 0 spiro atoms. The standard InChI is InChI=1S/C20H14N2O3S/c23-18(22-20-21-16-10-3-4-11-17(16)26-20)12-25-19(24)15-9-5-7-13-6-1-2-8-14(13)15/h1-11H,12H2,(H,21,22,23). The van der Waals surface area contributed by atoms with Crippen molar-refractivity contribution in [3.8, 4) is 0 Å². The summed E-state index contributed by atoms with van der Waals surface area (Å²) >= 11 is 1.37. The molecule has 0 aliphatic rings. The maximum absolute atomic E-state index is 12.3. The molecule has 5 nitrogen and oxygen atoms in total. The van der Waals surface area contributed by atoms with Crippen LogP contribution < -0.4 is 5.32 Å². The van der Waals surface area contributed by atoms with Gasteiger partial charge in [0.05, 0.1) is 15.8 Å². The van der Waals surface area contributed by atoms with E-state index < -0.39 is 11.9 Å². The third-order valence-corrected chi connectivity index (χ3v) is 4.84. The molecular formula is C20H14N2O3S. The molecule has 0 radical (unpaired) electrons. The van der Waals surface area contributed by atoms with Crippen molar-refractivity contribution in [1.29, 1.82) is 0 Å². The van der Waals surface area contributed by atoms with Crippen LogP contribution in [0.15, 0.2) is 66.7 Å². The number of anilines is 1. The average molecular weight is 362 g/mol. The molecule has 0 unspecified atom stereocenters. The number of rotatable bonds is 4. The van der Waals surface area contributed by atoms with Crippen molar-refractivity contribution in [3.63, 3.8) is 0 Å². The van der Waals surface area contributed by atoms with Gasteiger partial charge in [-0.05, 0) is 29.0 Å². The van der Waals surface area contributed by atoms with Gasteiger partial charge in [-0.3, -0.25) is 10.1 Å². The summed E-state index contributed by atoms with van der Waals surface area (Å²) in [5, 5.41) is 4.89. The number of para-hydroxylation sites is 1. The van der Waals surface area contributed by atoms with Gasteiger partial charge in [0.1, 0.15) is 0 Å². The van der Waals surface area contributed by atoms with Crippen LogP contribution in [0.1, 0.15) is 10.4 Å². The number of nitrogens with zero attached hydrogens (tertiary/aromatic N) is 1. The van der Waals surface area contributed by atoms with Gasteiger partial charge in [0.2, 0.25) is 0 Å². The summed E-state index contributed by atoms with van der Waals surface area (Å²) < 4.78 is 6.15. The molecule has 0 saturated carbocycles. The van der Waals surface area contributed by atoms with E-state index in [9.17, 15) is 9.59 Å². The maximum Gasteiger partial charge on any atom is 0.339 e. The largest absolute Gasteiger partial charge is 0.452 e. The molecule has 26 heavy (non-hydrogen) atoms. The summed E-state index contributed by atoms with van der Waals surface area (Å²) in [6, 6.07) is 20.6. The fourth-order valence-electron chi connectivity index (χ4n) is 2.69. The lowest BCUT2D eigenvalue weighted by Gasteiger charge is -2.07. The van der Waals surface area contributed by atoms with E-state index in [1.807, 2.05) is 54.6 Å². The molecule has 1 amide bonds. The Kier molecular flexibility index (Phi) is 4.33. The Morgan fingerprint density at radius 1 is 0.962 bits per heavy atom. The smallest absolute Gasteiger partial charge is 0.339 e. The number of esters is 1. The van der Waals surface area contributed by atoms with Gasteiger partial charge in [-0.1, -0.05) is 59.9 Å². The van der Waals surface area contributed by atoms with Crippen molar-refractivity contribution >= 4 is 49.3 Å². The predicted octanol–water partition coefficient (Wildman–Crippen LogP) is 4.25. The number of carbonyl (C=O) groups excluding carboxylic acids is 2. The lowest BCUT2D eigenvalue weighted by molar-refractivity contribution is -0.119. The number of benzene rings is 3. The van der Waals surface area contributed by atoms with Crippen LogP contribution in [0.25, 0.3) is 21.0 Å². The highest BCUT2D eigenvalue weighted by Gasteiger charge is 2.14. The Balaban J connectivity index is 1.43. The monoisotopic (exact) mass is 362 g/mol. The first-order valence-electron chi connectivity index (χ1n) is 8.01. The third-order valence-electron chi connectivity index (χ3n) is 3.88. The number of nitrogens with one attached hydrogen (secondary N) is 1. The summed E-state index contributed by atoms with van der Waals surface area (Å²) in [5.41, 5.74) is 1.26. The SMILES string of the molecule is O=C(COC(=O)c1cccc2ccccc12)Nc1nc2ccccc2s1. The van der Waals surface area contributed by atoms with E-state index in [-0.39, 0.29) is 6.61 Å². The van der Waals surface area contributed by atoms with Crippen LogP contribution in [0.5, 0.6) is 0 Å². The van der Waals surface area contributed by atoms with Gasteiger partial charge >= 0.3 is 5.97 Å². The normalized spacial score (nSPS) is 10.8. The Morgan fingerprint density at radius 3 is 2.62 bits per heavy atom. The molecule has 4 rings (SSSR count). The topological polar surface area (TPSA) is 68.3 Å². The Labute approximate surface area is 153 Å². The number of fused-ring (bicyclic) bond motifs is 2. The van der Waals surface area contributed by atoms with E-state index in [0.717, 1.165) is 21.0 Å². The van der Waals surface area contributed by atoms with Gasteiger partial charge in [-0.15, -0.1) is 0 Å². The van der Waals surface area contributed by atoms with E-state index in [0.29, 0.717) is 10.7 Å². The lowest BCUT2D eigenvalue weighted by Crippen LogP contribution is -2.20. The molecule has 4 aromatic rings. The number of amides is 1. The minimum absolute atomic E-state index is 0.363. The average Bonchev–Trinajstić information content (AvgIpc) is 3.07. The van der Waals surface area contributed by atoms with Crippen LogP contribution in [0.4, 0.5) is 5.13 Å². The summed E-state index contributed by atoms with van der Waals surface area (Å²) in [6.07, 6.45) is 0. The quantitative estimate of drug-likeness (QED) is 0.551. The second-order valence-corrected chi connectivity index (χ2v) is 6.67. The molecule has 128 valence electrons. The van der Waals surface area contributed by atoms with Crippen molar-refractivity contribution in [1.82, 2.24) is 4.98 Å². The highest BCUT2D eigenvalue weighted by molar-refractivity contribution is 7.22. The molecule has 0 fully saturated rings. The zero-order valence-electron chi connectivity index (χ0n) is 13.6. The van der Waals surface area contributed by atoms with Crippen LogP contribution in [0.3, 0.4) is 0 Å². The number of hydrogen-bond acceptors (Lipinski definition) is 5. The van der Waals surface area contributed by atoms with E-state index >= 15 is 0 Å². The summed E-state index contributed by atoms with van der Waals surface area (Å²) in [7, 11) is 0. The number of aromatic nitrogens is 1. The molecule has 0 bridgehead atoms. The van der Waals surface area contributed by atoms with Gasteiger partial charge in [-0.2, -0.15) is 0 Å². The van der Waals surface area contributed by atoms with Crippen LogP contribution in [-0.2, 0) is 9.53 Å². The second-order valence-electron chi connectivity index (χ2n) is 5.64. The van der Waals surface area contributed by atoms with E-state index in [1.165, 1.54) is 11.3 Å². The Hall–Kier alpha value is -3.25. The van der Waals surface area contributed by atoms with Crippen molar-refractivity contribution in [2.24, 2.45) is 0 Å². The predicted molar refractivity (Wildman–Crippen MR) is 102 cm³/mol.